The van der Waals surface area contributed by atoms with Crippen molar-refractivity contribution in [2.75, 3.05) is 11.9 Å². The highest BCUT2D eigenvalue weighted by atomic mass is 32.1. The van der Waals surface area contributed by atoms with Gasteiger partial charge in [0.1, 0.15) is 22.9 Å². The fourth-order valence-corrected chi connectivity index (χ4v) is 5.46. The number of aromatic nitrogens is 5. The van der Waals surface area contributed by atoms with Crippen LogP contribution in [-0.4, -0.2) is 36.6 Å². The van der Waals surface area contributed by atoms with Gasteiger partial charge < -0.3 is 19.4 Å². The van der Waals surface area contributed by atoms with E-state index in [0.717, 1.165) is 27.9 Å². The second-order valence-corrected chi connectivity index (χ2v) is 10.3. The molecule has 12 heteroatoms. The van der Waals surface area contributed by atoms with Crippen LogP contribution in [0.3, 0.4) is 0 Å². The van der Waals surface area contributed by atoms with Crippen molar-refractivity contribution in [2.24, 2.45) is 0 Å². The lowest BCUT2D eigenvalue weighted by molar-refractivity contribution is 0.102. The summed E-state index contributed by atoms with van der Waals surface area (Å²) in [6, 6.07) is 14.2. The van der Waals surface area contributed by atoms with Crippen LogP contribution in [0, 0.1) is 5.82 Å². The molecule has 0 unspecified atom stereocenters. The molecule has 0 aliphatic heterocycles. The van der Waals surface area contributed by atoms with E-state index in [9.17, 15) is 9.59 Å². The third-order valence-electron chi connectivity index (χ3n) is 6.51. The first-order valence-electron chi connectivity index (χ1n) is 13.4. The molecule has 10 nitrogen and oxygen atoms in total. The lowest BCUT2D eigenvalue weighted by atomic mass is 10.2. The summed E-state index contributed by atoms with van der Waals surface area (Å²) in [5.74, 6) is -0.605. The fourth-order valence-electron chi connectivity index (χ4n) is 4.44. The first kappa shape index (κ1) is 27.8. The van der Waals surface area contributed by atoms with E-state index in [-0.39, 0.29) is 29.4 Å². The maximum absolute atomic E-state index is 15.3. The SMILES string of the molecule is CCOc1ccn(-c2ccccn2)c(=O)c1C(=O)Nc1ccc(Oc2ccnc3cc(-c4cn(CC)cn4)sc23)c(F)c1. The number of imidazole rings is 1. The molecular formula is C31H25FN6O4S. The van der Waals surface area contributed by atoms with Gasteiger partial charge in [0, 0.05) is 49.2 Å². The fraction of sp³-hybridized carbons (Fsp3) is 0.129. The number of hydrogen-bond donors (Lipinski definition) is 1. The highest BCUT2D eigenvalue weighted by Gasteiger charge is 2.21. The van der Waals surface area contributed by atoms with Crippen molar-refractivity contribution in [1.82, 2.24) is 24.1 Å². The Kier molecular flexibility index (Phi) is 7.67. The van der Waals surface area contributed by atoms with Crippen LogP contribution in [0.2, 0.25) is 0 Å². The molecule has 0 bridgehead atoms. The van der Waals surface area contributed by atoms with E-state index in [1.807, 2.05) is 23.8 Å². The van der Waals surface area contributed by atoms with Gasteiger partial charge >= 0.3 is 0 Å². The van der Waals surface area contributed by atoms with E-state index in [1.54, 1.807) is 49.9 Å². The van der Waals surface area contributed by atoms with Crippen LogP contribution in [0.15, 0.2) is 90.5 Å². The monoisotopic (exact) mass is 596 g/mol. The van der Waals surface area contributed by atoms with E-state index < -0.39 is 17.3 Å². The van der Waals surface area contributed by atoms with Crippen molar-refractivity contribution < 1.29 is 18.7 Å². The second-order valence-electron chi connectivity index (χ2n) is 9.28. The number of nitrogens with one attached hydrogen (secondary N) is 1. The van der Waals surface area contributed by atoms with E-state index >= 15 is 4.39 Å². The van der Waals surface area contributed by atoms with E-state index in [1.165, 1.54) is 40.3 Å². The number of rotatable bonds is 9. The van der Waals surface area contributed by atoms with Crippen molar-refractivity contribution in [2.45, 2.75) is 20.4 Å². The quantitative estimate of drug-likeness (QED) is 0.208. The Bertz CT molecular complexity index is 2000. The molecule has 1 amide bonds. The number of fused-ring (bicyclic) bond motifs is 1. The smallest absolute Gasteiger partial charge is 0.272 e. The number of halogens is 1. The van der Waals surface area contributed by atoms with Gasteiger partial charge in [-0.1, -0.05) is 6.07 Å². The summed E-state index contributed by atoms with van der Waals surface area (Å²) in [5.41, 5.74) is 0.805. The lowest BCUT2D eigenvalue weighted by Crippen LogP contribution is -2.29. The topological polar surface area (TPSA) is 113 Å². The number of pyridine rings is 3. The summed E-state index contributed by atoms with van der Waals surface area (Å²) in [6.07, 6.45) is 8.35. The molecule has 0 fully saturated rings. The van der Waals surface area contributed by atoms with Crippen molar-refractivity contribution in [1.29, 1.82) is 0 Å². The van der Waals surface area contributed by atoms with Gasteiger partial charge in [-0.15, -0.1) is 11.3 Å². The highest BCUT2D eigenvalue weighted by Crippen LogP contribution is 2.39. The average Bonchev–Trinajstić information content (AvgIpc) is 3.67. The number of carbonyl (C=O) groups is 1. The molecule has 43 heavy (non-hydrogen) atoms. The summed E-state index contributed by atoms with van der Waals surface area (Å²) < 4.78 is 30.7. The van der Waals surface area contributed by atoms with Crippen LogP contribution in [0.4, 0.5) is 10.1 Å². The molecule has 1 aromatic carbocycles. The van der Waals surface area contributed by atoms with Crippen molar-refractivity contribution in [3.63, 3.8) is 0 Å². The Morgan fingerprint density at radius 3 is 2.63 bits per heavy atom. The molecule has 0 atom stereocenters. The predicted molar refractivity (Wildman–Crippen MR) is 162 cm³/mol. The molecule has 0 aliphatic carbocycles. The Balaban J connectivity index is 1.25. The minimum Gasteiger partial charge on any atom is -0.493 e. The molecule has 0 saturated heterocycles. The van der Waals surface area contributed by atoms with Gasteiger partial charge in [0.15, 0.2) is 11.6 Å². The normalized spacial score (nSPS) is 11.0. The van der Waals surface area contributed by atoms with Gasteiger partial charge in [-0.05, 0) is 50.2 Å². The van der Waals surface area contributed by atoms with Gasteiger partial charge in [-0.3, -0.25) is 19.1 Å². The molecule has 6 rings (SSSR count). The van der Waals surface area contributed by atoms with E-state index in [4.69, 9.17) is 9.47 Å². The summed E-state index contributed by atoms with van der Waals surface area (Å²) in [4.78, 5) is 40.6. The number of nitrogens with zero attached hydrogens (tertiary/aromatic N) is 5. The third kappa shape index (κ3) is 5.60. The maximum Gasteiger partial charge on any atom is 0.272 e. The zero-order valence-corrected chi connectivity index (χ0v) is 24.0. The van der Waals surface area contributed by atoms with Crippen molar-refractivity contribution in [3.05, 3.63) is 107 Å². The highest BCUT2D eigenvalue weighted by molar-refractivity contribution is 7.22. The van der Waals surface area contributed by atoms with Crippen LogP contribution in [-0.2, 0) is 6.54 Å². The molecule has 0 spiro atoms. The predicted octanol–water partition coefficient (Wildman–Crippen LogP) is 6.31. The van der Waals surface area contributed by atoms with E-state index in [2.05, 4.69) is 20.3 Å². The number of carbonyl (C=O) groups excluding carboxylic acids is 1. The van der Waals surface area contributed by atoms with E-state index in [0.29, 0.717) is 17.1 Å². The minimum absolute atomic E-state index is 0.0389. The third-order valence-corrected chi connectivity index (χ3v) is 7.67. The average molecular weight is 597 g/mol. The molecular weight excluding hydrogens is 571 g/mol. The Labute approximate surface area is 249 Å². The molecule has 0 radical (unpaired) electrons. The molecule has 216 valence electrons. The van der Waals surface area contributed by atoms with Crippen LogP contribution < -0.4 is 20.3 Å². The molecule has 6 aromatic rings. The van der Waals surface area contributed by atoms with Crippen LogP contribution in [0.1, 0.15) is 24.2 Å². The number of amides is 1. The summed E-state index contributed by atoms with van der Waals surface area (Å²) in [7, 11) is 0. The number of benzene rings is 1. The zero-order valence-electron chi connectivity index (χ0n) is 23.2. The first-order chi connectivity index (χ1) is 20.9. The summed E-state index contributed by atoms with van der Waals surface area (Å²) in [6.45, 7) is 4.83. The van der Waals surface area contributed by atoms with Gasteiger partial charge in [-0.25, -0.2) is 14.4 Å². The number of aryl methyl sites for hydroxylation is 1. The number of ether oxygens (including phenoxy) is 2. The first-order valence-corrected chi connectivity index (χ1v) is 14.3. The zero-order chi connectivity index (χ0) is 29.9. The van der Waals surface area contributed by atoms with Gasteiger partial charge in [0.05, 0.1) is 33.7 Å². The largest absolute Gasteiger partial charge is 0.493 e. The van der Waals surface area contributed by atoms with Crippen LogP contribution >= 0.6 is 11.3 Å². The molecule has 5 heterocycles. The molecule has 5 aromatic heterocycles. The van der Waals surface area contributed by atoms with Gasteiger partial charge in [-0.2, -0.15) is 0 Å². The Morgan fingerprint density at radius 2 is 1.88 bits per heavy atom. The second kappa shape index (κ2) is 11.9. The molecule has 1 N–H and O–H groups in total. The minimum atomic E-state index is -0.751. The summed E-state index contributed by atoms with van der Waals surface area (Å²) in [5, 5.41) is 2.60. The van der Waals surface area contributed by atoms with Crippen LogP contribution in [0.25, 0.3) is 26.6 Å². The maximum atomic E-state index is 15.3. The standard InChI is InChI=1S/C31H25FN6O4S/c1-3-37-17-22(35-18-37)26-16-21-29(43-26)25(10-13-33-21)42-23-9-8-19(15-20(23)32)36-30(39)28-24(41-4-2)11-14-38(31(28)40)27-7-5-6-12-34-27/h5-18H,3-4H2,1-2H3,(H,36,39). The Morgan fingerprint density at radius 1 is 1.00 bits per heavy atom. The van der Waals surface area contributed by atoms with Gasteiger partial charge in [0.2, 0.25) is 0 Å². The van der Waals surface area contributed by atoms with Crippen LogP contribution in [0.5, 0.6) is 17.2 Å². The van der Waals surface area contributed by atoms with Gasteiger partial charge in [0.25, 0.3) is 11.5 Å². The summed E-state index contributed by atoms with van der Waals surface area (Å²) >= 11 is 1.45. The number of thiophene rings is 1. The molecule has 0 aliphatic rings. The number of hydrogen-bond acceptors (Lipinski definition) is 8. The Hall–Kier alpha value is -5.36. The lowest BCUT2D eigenvalue weighted by Gasteiger charge is -2.13. The number of anilines is 1. The van der Waals surface area contributed by atoms with Crippen molar-refractivity contribution >= 4 is 33.1 Å². The van der Waals surface area contributed by atoms with Crippen molar-refractivity contribution in [3.8, 4) is 33.6 Å². The molecule has 0 saturated carbocycles.